The molecule has 0 bridgehead atoms. The van der Waals surface area contributed by atoms with Crippen LogP contribution in [0.1, 0.15) is 0 Å². The van der Waals surface area contributed by atoms with Gasteiger partial charge >= 0.3 is 0 Å². The van der Waals surface area contributed by atoms with Gasteiger partial charge in [-0.1, -0.05) is 121 Å². The Hall–Kier alpha value is -7.24. The Bertz CT molecular complexity index is 3290. The molecule has 5 nitrogen and oxygen atoms in total. The third-order valence-corrected chi connectivity index (χ3v) is 11.0. The van der Waals surface area contributed by atoms with Crippen LogP contribution in [-0.4, -0.2) is 19.1 Å². The normalized spacial score (nSPS) is 12.5. The molecule has 0 aliphatic carbocycles. The molecule has 3 aromatic heterocycles. The molecule has 0 saturated carbocycles. The lowest BCUT2D eigenvalue weighted by Gasteiger charge is -2.32. The topological polar surface area (TPSA) is 38.9 Å². The van der Waals surface area contributed by atoms with E-state index < -0.39 is 0 Å². The van der Waals surface area contributed by atoms with E-state index in [2.05, 4.69) is 190 Å². The monoisotopic (exact) mass is 675 g/mol. The number of benzene rings is 8. The van der Waals surface area contributed by atoms with Gasteiger partial charge in [-0.05, 0) is 60.0 Å². The van der Waals surface area contributed by atoms with Crippen LogP contribution in [0.5, 0.6) is 0 Å². The molecule has 246 valence electrons. The van der Waals surface area contributed by atoms with Crippen LogP contribution < -0.4 is 4.90 Å². The SMILES string of the molecule is c1ccc(N2c3ccccc3-c3nc(-n4c5ccccc5c5ccc6c(c7ccccc7n6-c6cccc7ccccc67)c54)nc4cccc2c34)cc1. The summed E-state index contributed by atoms with van der Waals surface area (Å²) in [5.74, 6) is 0.660. The molecular formula is C48H29N5. The second-order valence-electron chi connectivity index (χ2n) is 13.8. The average Bonchev–Trinajstić information content (AvgIpc) is 3.74. The van der Waals surface area contributed by atoms with E-state index in [1.807, 2.05) is 0 Å². The zero-order chi connectivity index (χ0) is 34.6. The summed E-state index contributed by atoms with van der Waals surface area (Å²) in [6.07, 6.45) is 0. The first-order valence-electron chi connectivity index (χ1n) is 18.0. The van der Waals surface area contributed by atoms with Crippen molar-refractivity contribution in [2.45, 2.75) is 0 Å². The Balaban J connectivity index is 1.22. The van der Waals surface area contributed by atoms with E-state index in [4.69, 9.17) is 9.97 Å². The van der Waals surface area contributed by atoms with Crippen LogP contribution in [0.3, 0.4) is 0 Å². The Morgan fingerprint density at radius 2 is 1.04 bits per heavy atom. The van der Waals surface area contributed by atoms with Crippen molar-refractivity contribution in [3.8, 4) is 22.9 Å². The fourth-order valence-electron chi connectivity index (χ4n) is 8.87. The third-order valence-electron chi connectivity index (χ3n) is 11.0. The molecule has 0 saturated heterocycles. The lowest BCUT2D eigenvalue weighted by atomic mass is 9.96. The van der Waals surface area contributed by atoms with Crippen molar-refractivity contribution in [2.75, 3.05) is 4.90 Å². The van der Waals surface area contributed by atoms with E-state index in [-0.39, 0.29) is 0 Å². The van der Waals surface area contributed by atoms with Crippen molar-refractivity contribution >= 4 is 82.3 Å². The fraction of sp³-hybridized carbons (Fsp3) is 0. The molecule has 0 amide bonds. The molecule has 12 rings (SSSR count). The van der Waals surface area contributed by atoms with Gasteiger partial charge in [0.05, 0.1) is 55.7 Å². The number of fused-ring (bicyclic) bond motifs is 10. The highest BCUT2D eigenvalue weighted by atomic mass is 15.2. The minimum absolute atomic E-state index is 0.660. The molecule has 0 spiro atoms. The Kier molecular flexibility index (Phi) is 5.71. The minimum Gasteiger partial charge on any atom is -0.309 e. The molecule has 4 heterocycles. The van der Waals surface area contributed by atoms with Gasteiger partial charge in [0.25, 0.3) is 0 Å². The van der Waals surface area contributed by atoms with Crippen LogP contribution in [0.25, 0.3) is 88.2 Å². The number of nitrogens with zero attached hydrogens (tertiary/aromatic N) is 5. The standard InChI is InChI=1S/C48H29N5/c1-2-16-31(17-3-1)51-41-25-11-8-21-36(41)46-45-37(22-13-27-42(45)51)49-48(50-46)53-39-23-9-6-19-33(39)34-28-29-43-44(47(34)53)35-20-7-10-24-40(35)52(43)38-26-12-15-30-14-4-5-18-32(30)38/h1-29H. The average molecular weight is 676 g/mol. The van der Waals surface area contributed by atoms with Crippen LogP contribution in [0.15, 0.2) is 176 Å². The molecule has 1 aliphatic heterocycles. The largest absolute Gasteiger partial charge is 0.309 e. The van der Waals surface area contributed by atoms with E-state index in [1.165, 1.54) is 32.3 Å². The smallest absolute Gasteiger partial charge is 0.235 e. The highest BCUT2D eigenvalue weighted by molar-refractivity contribution is 6.26. The maximum atomic E-state index is 5.55. The summed E-state index contributed by atoms with van der Waals surface area (Å²) in [5, 5.41) is 8.22. The maximum absolute atomic E-state index is 5.55. The first-order chi connectivity index (χ1) is 26.3. The Morgan fingerprint density at radius 3 is 1.92 bits per heavy atom. The van der Waals surface area contributed by atoms with E-state index >= 15 is 0 Å². The summed E-state index contributed by atoms with van der Waals surface area (Å²) in [6.45, 7) is 0. The lowest BCUT2D eigenvalue weighted by molar-refractivity contribution is 1.01. The van der Waals surface area contributed by atoms with Gasteiger partial charge in [0.15, 0.2) is 0 Å². The Morgan fingerprint density at radius 1 is 0.377 bits per heavy atom. The van der Waals surface area contributed by atoms with Gasteiger partial charge in [-0.25, -0.2) is 9.97 Å². The van der Waals surface area contributed by atoms with Gasteiger partial charge in [-0.3, -0.25) is 4.57 Å². The van der Waals surface area contributed by atoms with Crippen LogP contribution in [-0.2, 0) is 0 Å². The van der Waals surface area contributed by atoms with E-state index in [0.29, 0.717) is 5.95 Å². The minimum atomic E-state index is 0.660. The van der Waals surface area contributed by atoms with Gasteiger partial charge in [0.1, 0.15) is 0 Å². The molecule has 1 aliphatic rings. The predicted molar refractivity (Wildman–Crippen MR) is 219 cm³/mol. The van der Waals surface area contributed by atoms with Crippen LogP contribution in [0, 0.1) is 0 Å². The van der Waals surface area contributed by atoms with E-state index in [1.54, 1.807) is 0 Å². The van der Waals surface area contributed by atoms with Gasteiger partial charge in [0.2, 0.25) is 5.95 Å². The highest BCUT2D eigenvalue weighted by Gasteiger charge is 2.29. The first kappa shape index (κ1) is 28.5. The molecular weight excluding hydrogens is 647 g/mol. The third kappa shape index (κ3) is 3.85. The molecule has 53 heavy (non-hydrogen) atoms. The predicted octanol–water partition coefficient (Wildman–Crippen LogP) is 12.4. The number of hydrogen-bond acceptors (Lipinski definition) is 3. The molecule has 8 aromatic carbocycles. The van der Waals surface area contributed by atoms with E-state index in [9.17, 15) is 0 Å². The van der Waals surface area contributed by atoms with Crippen molar-refractivity contribution in [2.24, 2.45) is 0 Å². The van der Waals surface area contributed by atoms with Crippen molar-refractivity contribution in [1.29, 1.82) is 0 Å². The molecule has 0 unspecified atom stereocenters. The van der Waals surface area contributed by atoms with Crippen molar-refractivity contribution in [3.05, 3.63) is 176 Å². The number of para-hydroxylation sites is 4. The second kappa shape index (κ2) is 10.6. The summed E-state index contributed by atoms with van der Waals surface area (Å²) in [4.78, 5) is 13.3. The molecule has 0 N–H and O–H groups in total. The Labute approximate surface area is 304 Å². The van der Waals surface area contributed by atoms with Crippen molar-refractivity contribution < 1.29 is 0 Å². The molecule has 0 atom stereocenters. The zero-order valence-electron chi connectivity index (χ0n) is 28.5. The summed E-state index contributed by atoms with van der Waals surface area (Å²) in [7, 11) is 0. The first-order valence-corrected chi connectivity index (χ1v) is 18.0. The number of anilines is 3. The molecule has 11 aromatic rings. The van der Waals surface area contributed by atoms with Crippen molar-refractivity contribution in [1.82, 2.24) is 19.1 Å². The summed E-state index contributed by atoms with van der Waals surface area (Å²) in [6, 6.07) is 62.8. The summed E-state index contributed by atoms with van der Waals surface area (Å²) in [5.41, 5.74) is 11.9. The molecule has 0 radical (unpaired) electrons. The zero-order valence-corrected chi connectivity index (χ0v) is 28.5. The quantitative estimate of drug-likeness (QED) is 0.187. The molecule has 5 heteroatoms. The van der Waals surface area contributed by atoms with Crippen LogP contribution in [0.2, 0.25) is 0 Å². The maximum Gasteiger partial charge on any atom is 0.235 e. The number of hydrogen-bond donors (Lipinski definition) is 0. The number of aromatic nitrogens is 4. The molecule has 0 fully saturated rings. The van der Waals surface area contributed by atoms with Gasteiger partial charge < -0.3 is 9.47 Å². The number of rotatable bonds is 3. The van der Waals surface area contributed by atoms with E-state index in [0.717, 1.165) is 67.0 Å². The van der Waals surface area contributed by atoms with Gasteiger partial charge in [0, 0.05) is 38.2 Å². The summed E-state index contributed by atoms with van der Waals surface area (Å²) < 4.78 is 4.74. The van der Waals surface area contributed by atoms with Gasteiger partial charge in [-0.15, -0.1) is 0 Å². The van der Waals surface area contributed by atoms with Gasteiger partial charge in [-0.2, -0.15) is 0 Å². The van der Waals surface area contributed by atoms with Crippen molar-refractivity contribution in [3.63, 3.8) is 0 Å². The van der Waals surface area contributed by atoms with Crippen LogP contribution in [0.4, 0.5) is 17.1 Å². The van der Waals surface area contributed by atoms with Crippen LogP contribution >= 0.6 is 0 Å². The second-order valence-corrected chi connectivity index (χ2v) is 13.8. The lowest BCUT2D eigenvalue weighted by Crippen LogP contribution is -2.16. The highest BCUT2D eigenvalue weighted by Crippen LogP contribution is 2.50. The fourth-order valence-corrected chi connectivity index (χ4v) is 8.87. The summed E-state index contributed by atoms with van der Waals surface area (Å²) >= 11 is 0.